The van der Waals surface area contributed by atoms with Gasteiger partial charge in [-0.25, -0.2) is 9.59 Å². The van der Waals surface area contributed by atoms with E-state index in [1.807, 2.05) is 4.90 Å². The predicted molar refractivity (Wildman–Crippen MR) is 126 cm³/mol. The summed E-state index contributed by atoms with van der Waals surface area (Å²) in [6.07, 6.45) is 3.63. The Bertz CT molecular complexity index is 1000. The van der Waals surface area contributed by atoms with Crippen LogP contribution in [0.2, 0.25) is 0 Å². The van der Waals surface area contributed by atoms with Crippen LogP contribution in [0.1, 0.15) is 48.0 Å². The van der Waals surface area contributed by atoms with E-state index in [1.165, 1.54) is 23.4 Å². The van der Waals surface area contributed by atoms with Crippen LogP contribution in [0, 0.1) is 0 Å². The van der Waals surface area contributed by atoms with Gasteiger partial charge < -0.3 is 30.6 Å². The summed E-state index contributed by atoms with van der Waals surface area (Å²) in [6, 6.07) is -0.104. The third-order valence-corrected chi connectivity index (χ3v) is 5.07. The highest BCUT2D eigenvalue weighted by Crippen LogP contribution is 2.33. The average Bonchev–Trinajstić information content (AvgIpc) is 3.27. The second-order valence-electron chi connectivity index (χ2n) is 10.3. The molecule has 0 saturated carbocycles. The lowest BCUT2D eigenvalue weighted by molar-refractivity contribution is 0.0243. The first-order valence-electron chi connectivity index (χ1n) is 11.0. The van der Waals surface area contributed by atoms with Crippen LogP contribution in [-0.4, -0.2) is 68.2 Å². The number of nitrogens with two attached hydrogens (primary N) is 2. The highest BCUT2D eigenvalue weighted by atomic mass is 35.5. The quantitative estimate of drug-likeness (QED) is 0.604. The molecule has 2 atom stereocenters. The minimum atomic E-state index is -0.675. The van der Waals surface area contributed by atoms with Gasteiger partial charge >= 0.3 is 12.2 Å². The van der Waals surface area contributed by atoms with Crippen molar-refractivity contribution in [2.45, 2.75) is 71.3 Å². The van der Waals surface area contributed by atoms with Crippen LogP contribution in [-0.2, 0) is 9.47 Å². The van der Waals surface area contributed by atoms with Gasteiger partial charge in [-0.3, -0.25) is 4.90 Å². The van der Waals surface area contributed by atoms with Crippen molar-refractivity contribution < 1.29 is 23.8 Å². The number of carbonyl (C=O) groups excluding carboxylic acids is 2. The zero-order valence-corrected chi connectivity index (χ0v) is 21.1. The summed E-state index contributed by atoms with van der Waals surface area (Å²) in [5.74, 6) is 0.623. The number of ether oxygens (including phenoxy) is 3. The summed E-state index contributed by atoms with van der Waals surface area (Å²) in [6.45, 7) is 11.5. The van der Waals surface area contributed by atoms with E-state index in [1.54, 1.807) is 41.5 Å². The highest BCUT2D eigenvalue weighted by molar-refractivity contribution is 6.29. The second kappa shape index (κ2) is 9.28. The number of halogens is 1. The smallest absolute Gasteiger partial charge is 0.435 e. The van der Waals surface area contributed by atoms with Crippen LogP contribution >= 0.6 is 11.6 Å². The number of amides is 1. The molecule has 0 aliphatic carbocycles. The van der Waals surface area contributed by atoms with Gasteiger partial charge in [-0.2, -0.15) is 9.78 Å². The summed E-state index contributed by atoms with van der Waals surface area (Å²) in [4.78, 5) is 28.4. The SMILES string of the molecule is CC(C)(C)OC(=O)N1CC2CC(Oc3cnn(C(=O)OC(C)(C)C)c3)CN2C(/C=C(\N)Cl)=C1N. The van der Waals surface area contributed by atoms with Crippen LogP contribution in [0.3, 0.4) is 0 Å². The van der Waals surface area contributed by atoms with Gasteiger partial charge in [0.25, 0.3) is 0 Å². The molecule has 12 heteroatoms. The molecule has 0 spiro atoms. The third kappa shape index (κ3) is 6.28. The first kappa shape index (κ1) is 25.5. The Morgan fingerprint density at radius 2 is 1.74 bits per heavy atom. The number of nitrogens with zero attached hydrogens (tertiary/aromatic N) is 4. The van der Waals surface area contributed by atoms with Crippen LogP contribution in [0.4, 0.5) is 9.59 Å². The Kier molecular flexibility index (Phi) is 6.97. The molecule has 3 rings (SSSR count). The lowest BCUT2D eigenvalue weighted by Crippen LogP contribution is -2.51. The number of rotatable bonds is 3. The second-order valence-corrected chi connectivity index (χ2v) is 10.7. The van der Waals surface area contributed by atoms with Gasteiger partial charge in [0, 0.05) is 6.42 Å². The van der Waals surface area contributed by atoms with E-state index >= 15 is 0 Å². The van der Waals surface area contributed by atoms with Crippen LogP contribution in [0.5, 0.6) is 5.75 Å². The maximum atomic E-state index is 12.8. The molecule has 0 aromatic carbocycles. The maximum absolute atomic E-state index is 12.8. The van der Waals surface area contributed by atoms with E-state index in [0.717, 1.165) is 4.68 Å². The number of hydrogen-bond donors (Lipinski definition) is 2. The fourth-order valence-electron chi connectivity index (χ4n) is 3.77. The topological polar surface area (TPSA) is 138 Å². The summed E-state index contributed by atoms with van der Waals surface area (Å²) < 4.78 is 18.0. The molecule has 1 saturated heterocycles. The lowest BCUT2D eigenvalue weighted by atomic mass is 10.1. The number of carbonyl (C=O) groups is 2. The Labute approximate surface area is 204 Å². The molecule has 1 aromatic heterocycles. The van der Waals surface area contributed by atoms with Crippen LogP contribution in [0.25, 0.3) is 0 Å². The molecule has 0 bridgehead atoms. The molecule has 1 fully saturated rings. The van der Waals surface area contributed by atoms with Gasteiger partial charge in [-0.1, -0.05) is 11.6 Å². The molecule has 188 valence electrons. The van der Waals surface area contributed by atoms with Crippen molar-refractivity contribution in [3.8, 4) is 5.75 Å². The van der Waals surface area contributed by atoms with Crippen molar-refractivity contribution >= 4 is 23.8 Å². The minimum absolute atomic E-state index is 0.0331. The Morgan fingerprint density at radius 3 is 2.32 bits per heavy atom. The number of fused-ring (bicyclic) bond motifs is 1. The van der Waals surface area contributed by atoms with Gasteiger partial charge in [0.05, 0.1) is 37.2 Å². The Hall–Kier alpha value is -3.08. The highest BCUT2D eigenvalue weighted by Gasteiger charge is 2.42. The molecule has 11 nitrogen and oxygen atoms in total. The van der Waals surface area contributed by atoms with E-state index < -0.39 is 23.4 Å². The van der Waals surface area contributed by atoms with Crippen molar-refractivity contribution in [2.75, 3.05) is 13.1 Å². The fourth-order valence-corrected chi connectivity index (χ4v) is 3.87. The molecule has 3 heterocycles. The first-order chi connectivity index (χ1) is 15.6. The normalized spacial score (nSPS) is 21.4. The summed E-state index contributed by atoms with van der Waals surface area (Å²) in [5, 5.41) is 4.06. The zero-order valence-electron chi connectivity index (χ0n) is 20.4. The van der Waals surface area contributed by atoms with Crippen molar-refractivity contribution in [3.63, 3.8) is 0 Å². The van der Waals surface area contributed by atoms with Gasteiger partial charge in [-0.05, 0) is 47.6 Å². The van der Waals surface area contributed by atoms with Crippen molar-refractivity contribution in [1.82, 2.24) is 19.6 Å². The first-order valence-corrected chi connectivity index (χ1v) is 11.3. The van der Waals surface area contributed by atoms with Crippen LogP contribution < -0.4 is 16.2 Å². The number of aromatic nitrogens is 2. The van der Waals surface area contributed by atoms with Crippen molar-refractivity contribution in [3.05, 3.63) is 35.1 Å². The van der Waals surface area contributed by atoms with E-state index in [-0.39, 0.29) is 23.1 Å². The van der Waals surface area contributed by atoms with Crippen molar-refractivity contribution in [1.29, 1.82) is 0 Å². The summed E-state index contributed by atoms with van der Waals surface area (Å²) >= 11 is 5.95. The molecule has 0 radical (unpaired) electrons. The maximum Gasteiger partial charge on any atom is 0.435 e. The summed E-state index contributed by atoms with van der Waals surface area (Å²) in [5.41, 5.74) is 11.2. The molecule has 2 aliphatic heterocycles. The minimum Gasteiger partial charge on any atom is -0.485 e. The molecule has 1 amide bonds. The van der Waals surface area contributed by atoms with Gasteiger partial charge in [0.2, 0.25) is 0 Å². The summed E-state index contributed by atoms with van der Waals surface area (Å²) in [7, 11) is 0. The standard InChI is InChI=1S/C22H33ClN6O5/c1-21(2,3)33-19(30)28-10-13-7-14(11-27(13)16(18(28)25)8-17(23)24)32-15-9-26-29(12-15)20(31)34-22(4,5)6/h8-9,12-14H,7,10-11,24-25H2,1-6H3/b17-8-. The lowest BCUT2D eigenvalue weighted by Gasteiger charge is -2.39. The largest absolute Gasteiger partial charge is 0.485 e. The fraction of sp³-hybridized carbons (Fsp3) is 0.591. The monoisotopic (exact) mass is 496 g/mol. The Morgan fingerprint density at radius 1 is 1.12 bits per heavy atom. The van der Waals surface area contributed by atoms with E-state index in [2.05, 4.69) is 5.10 Å². The molecular formula is C22H33ClN6O5. The molecular weight excluding hydrogens is 464 g/mol. The third-order valence-electron chi connectivity index (χ3n) is 4.96. The average molecular weight is 497 g/mol. The predicted octanol–water partition coefficient (Wildman–Crippen LogP) is 2.91. The van der Waals surface area contributed by atoms with Gasteiger partial charge in [0.1, 0.15) is 28.3 Å². The molecule has 2 aliphatic rings. The van der Waals surface area contributed by atoms with Crippen LogP contribution in [0.15, 0.2) is 35.1 Å². The zero-order chi connectivity index (χ0) is 25.4. The molecule has 34 heavy (non-hydrogen) atoms. The van der Waals surface area contributed by atoms with Gasteiger partial charge in [-0.15, -0.1) is 0 Å². The number of allylic oxidation sites excluding steroid dienone is 1. The number of hydrogen-bond acceptors (Lipinski definition) is 9. The Balaban J connectivity index is 1.76. The molecule has 2 unspecified atom stereocenters. The molecule has 4 N–H and O–H groups in total. The molecule has 1 aromatic rings. The van der Waals surface area contributed by atoms with Crippen molar-refractivity contribution in [2.24, 2.45) is 11.5 Å². The van der Waals surface area contributed by atoms with Gasteiger partial charge in [0.15, 0.2) is 5.75 Å². The van der Waals surface area contributed by atoms with E-state index in [9.17, 15) is 9.59 Å². The van der Waals surface area contributed by atoms with E-state index in [0.29, 0.717) is 31.0 Å². The van der Waals surface area contributed by atoms with E-state index in [4.69, 9.17) is 37.3 Å².